The molecule has 39 heavy (non-hydrogen) atoms. The number of sulfone groups is 1. The number of hydrogen-bond donors (Lipinski definition) is 2. The molecule has 1 aliphatic carbocycles. The molecule has 1 fully saturated rings. The largest absolute Gasteiger partial charge is 0.353 e. The summed E-state index contributed by atoms with van der Waals surface area (Å²) in [5.74, 6) is 2.11. The molecule has 1 atom stereocenters. The molecular formula is C28H36ClN7O2S. The van der Waals surface area contributed by atoms with Crippen molar-refractivity contribution in [3.8, 4) is 0 Å². The zero-order chi connectivity index (χ0) is 26.9. The van der Waals surface area contributed by atoms with E-state index in [9.17, 15) is 8.42 Å². The van der Waals surface area contributed by atoms with E-state index < -0.39 is 15.1 Å². The third-order valence-corrected chi connectivity index (χ3v) is 9.01. The Labute approximate surface area is 236 Å². The van der Waals surface area contributed by atoms with E-state index in [1.165, 1.54) is 38.4 Å². The molecule has 2 aromatic carbocycles. The molecule has 4 aromatic rings. The number of rotatable bonds is 8. The van der Waals surface area contributed by atoms with Gasteiger partial charge in [-0.2, -0.15) is 4.98 Å². The van der Waals surface area contributed by atoms with Crippen LogP contribution in [0.1, 0.15) is 49.8 Å². The van der Waals surface area contributed by atoms with Crippen LogP contribution in [0.4, 0.5) is 29.1 Å². The SMILES string of the molecule is CC(c1ccc(Nc2nccc(N(C)c3ccc4c(c3)nc(NC3CCCCC3)n4C)n2)cc1)S(C)(=O)=O.Cl. The van der Waals surface area contributed by atoms with Gasteiger partial charge in [0.25, 0.3) is 0 Å². The van der Waals surface area contributed by atoms with Crippen LogP contribution in [0.15, 0.2) is 54.7 Å². The Balaban J connectivity index is 0.00000353. The van der Waals surface area contributed by atoms with Crippen molar-refractivity contribution in [1.82, 2.24) is 19.5 Å². The second-order valence-electron chi connectivity index (χ2n) is 10.2. The lowest BCUT2D eigenvalue weighted by Crippen LogP contribution is -2.23. The van der Waals surface area contributed by atoms with Gasteiger partial charge in [0.2, 0.25) is 11.9 Å². The molecule has 9 nitrogen and oxygen atoms in total. The van der Waals surface area contributed by atoms with Gasteiger partial charge in [-0.25, -0.2) is 18.4 Å². The van der Waals surface area contributed by atoms with Crippen LogP contribution in [0.2, 0.25) is 0 Å². The minimum Gasteiger partial charge on any atom is -0.353 e. The number of anilines is 5. The molecule has 5 rings (SSSR count). The third kappa shape index (κ3) is 6.45. The molecule has 2 aromatic heterocycles. The standard InChI is InChI=1S/C28H35N7O2S.ClH/c1-19(38(4,36)37)20-10-12-22(13-11-20)30-27-29-17-16-26(33-27)34(2)23-14-15-25-24(18-23)32-28(35(25)3)31-21-8-6-5-7-9-21;/h10-19,21H,5-9H2,1-4H3,(H,31,32)(H,29,30,33);1H. The van der Waals surface area contributed by atoms with E-state index in [1.807, 2.05) is 42.3 Å². The molecule has 0 saturated heterocycles. The van der Waals surface area contributed by atoms with E-state index in [2.05, 4.69) is 45.4 Å². The van der Waals surface area contributed by atoms with E-state index in [0.29, 0.717) is 12.0 Å². The maximum atomic E-state index is 11.8. The minimum absolute atomic E-state index is 0. The molecule has 2 N–H and O–H groups in total. The highest BCUT2D eigenvalue weighted by atomic mass is 35.5. The van der Waals surface area contributed by atoms with Crippen LogP contribution in [0.5, 0.6) is 0 Å². The molecule has 1 unspecified atom stereocenters. The van der Waals surface area contributed by atoms with Crippen LogP contribution in [-0.4, -0.2) is 47.3 Å². The smallest absolute Gasteiger partial charge is 0.229 e. The highest BCUT2D eigenvalue weighted by Crippen LogP contribution is 2.29. The zero-order valence-electron chi connectivity index (χ0n) is 22.8. The Morgan fingerprint density at radius 3 is 2.44 bits per heavy atom. The number of aryl methyl sites for hydroxylation is 1. The van der Waals surface area contributed by atoms with Crippen molar-refractivity contribution in [2.75, 3.05) is 28.8 Å². The van der Waals surface area contributed by atoms with Gasteiger partial charge in [0.15, 0.2) is 9.84 Å². The van der Waals surface area contributed by atoms with E-state index in [4.69, 9.17) is 9.97 Å². The van der Waals surface area contributed by atoms with Crippen molar-refractivity contribution < 1.29 is 8.42 Å². The molecule has 11 heteroatoms. The number of halogens is 1. The molecule has 0 amide bonds. The van der Waals surface area contributed by atoms with Gasteiger partial charge in [-0.15, -0.1) is 12.4 Å². The summed E-state index contributed by atoms with van der Waals surface area (Å²) in [6.45, 7) is 1.69. The summed E-state index contributed by atoms with van der Waals surface area (Å²) < 4.78 is 25.8. The Bertz CT molecular complexity index is 1530. The molecule has 208 valence electrons. The lowest BCUT2D eigenvalue weighted by molar-refractivity contribution is 0.460. The van der Waals surface area contributed by atoms with Crippen molar-refractivity contribution in [3.05, 3.63) is 60.3 Å². The van der Waals surface area contributed by atoms with Crippen LogP contribution in [0.25, 0.3) is 11.0 Å². The highest BCUT2D eigenvalue weighted by Gasteiger charge is 2.18. The molecule has 0 radical (unpaired) electrons. The van der Waals surface area contributed by atoms with Gasteiger partial charge in [0.1, 0.15) is 5.82 Å². The summed E-state index contributed by atoms with van der Waals surface area (Å²) in [6, 6.07) is 15.9. The second kappa shape index (κ2) is 11.8. The van der Waals surface area contributed by atoms with E-state index in [-0.39, 0.29) is 12.4 Å². The summed E-state index contributed by atoms with van der Waals surface area (Å²) in [5.41, 5.74) is 4.52. The van der Waals surface area contributed by atoms with E-state index in [1.54, 1.807) is 13.1 Å². The molecule has 0 bridgehead atoms. The number of hydrogen-bond acceptors (Lipinski definition) is 8. The lowest BCUT2D eigenvalue weighted by atomic mass is 9.96. The Kier molecular flexibility index (Phi) is 8.66. The van der Waals surface area contributed by atoms with Gasteiger partial charge in [0, 0.05) is 44.0 Å². The quantitative estimate of drug-likeness (QED) is 0.260. The summed E-state index contributed by atoms with van der Waals surface area (Å²) in [5, 5.41) is 6.30. The van der Waals surface area contributed by atoms with Crippen molar-refractivity contribution >= 4 is 62.4 Å². The zero-order valence-corrected chi connectivity index (χ0v) is 24.4. The summed E-state index contributed by atoms with van der Waals surface area (Å²) in [6.07, 6.45) is 9.25. The maximum Gasteiger partial charge on any atom is 0.229 e. The first kappa shape index (κ1) is 28.6. The predicted octanol–water partition coefficient (Wildman–Crippen LogP) is 6.15. The summed E-state index contributed by atoms with van der Waals surface area (Å²) in [4.78, 5) is 15.9. The van der Waals surface area contributed by atoms with Gasteiger partial charge < -0.3 is 20.1 Å². The number of benzene rings is 2. The van der Waals surface area contributed by atoms with Gasteiger partial charge in [-0.05, 0) is 61.7 Å². The van der Waals surface area contributed by atoms with Crippen LogP contribution < -0.4 is 15.5 Å². The normalized spacial score (nSPS) is 15.0. The third-order valence-electron chi connectivity index (χ3n) is 7.45. The molecule has 0 spiro atoms. The number of nitrogens with one attached hydrogen (secondary N) is 2. The van der Waals surface area contributed by atoms with Crippen LogP contribution in [0, 0.1) is 0 Å². The fourth-order valence-electron chi connectivity index (χ4n) is 4.90. The first-order valence-electron chi connectivity index (χ1n) is 13.0. The van der Waals surface area contributed by atoms with Crippen molar-refractivity contribution in [3.63, 3.8) is 0 Å². The maximum absolute atomic E-state index is 11.8. The molecular weight excluding hydrogens is 534 g/mol. The summed E-state index contributed by atoms with van der Waals surface area (Å²) >= 11 is 0. The Morgan fingerprint density at radius 2 is 1.74 bits per heavy atom. The Morgan fingerprint density at radius 1 is 1.03 bits per heavy atom. The molecule has 1 aliphatic rings. The molecule has 1 saturated carbocycles. The van der Waals surface area contributed by atoms with E-state index in [0.717, 1.165) is 39.7 Å². The van der Waals surface area contributed by atoms with Gasteiger partial charge in [0.05, 0.1) is 16.3 Å². The van der Waals surface area contributed by atoms with E-state index >= 15 is 0 Å². The van der Waals surface area contributed by atoms with Crippen LogP contribution in [0.3, 0.4) is 0 Å². The van der Waals surface area contributed by atoms with Gasteiger partial charge in [-0.1, -0.05) is 31.4 Å². The molecule has 0 aliphatic heterocycles. The highest BCUT2D eigenvalue weighted by molar-refractivity contribution is 7.90. The lowest BCUT2D eigenvalue weighted by Gasteiger charge is -2.23. The monoisotopic (exact) mass is 569 g/mol. The topological polar surface area (TPSA) is 105 Å². The molecule has 2 heterocycles. The Hall–Kier alpha value is -3.37. The minimum atomic E-state index is -3.15. The number of aromatic nitrogens is 4. The van der Waals surface area contributed by atoms with Crippen molar-refractivity contribution in [1.29, 1.82) is 0 Å². The predicted molar refractivity (Wildman–Crippen MR) is 162 cm³/mol. The summed E-state index contributed by atoms with van der Waals surface area (Å²) in [7, 11) is 0.876. The first-order valence-corrected chi connectivity index (χ1v) is 15.0. The van der Waals surface area contributed by atoms with Gasteiger partial charge >= 0.3 is 0 Å². The fourth-order valence-corrected chi connectivity index (χ4v) is 5.55. The fraction of sp³-hybridized carbons (Fsp3) is 0.393. The van der Waals surface area contributed by atoms with Crippen LogP contribution in [-0.2, 0) is 16.9 Å². The number of imidazole rings is 1. The van der Waals surface area contributed by atoms with Crippen molar-refractivity contribution in [2.45, 2.75) is 50.3 Å². The number of nitrogens with zero attached hydrogens (tertiary/aromatic N) is 5. The number of fused-ring (bicyclic) bond motifs is 1. The first-order chi connectivity index (χ1) is 18.2. The van der Waals surface area contributed by atoms with Crippen LogP contribution >= 0.6 is 12.4 Å². The van der Waals surface area contributed by atoms with Gasteiger partial charge in [-0.3, -0.25) is 0 Å². The van der Waals surface area contributed by atoms with Crippen molar-refractivity contribution in [2.24, 2.45) is 7.05 Å². The average Bonchev–Trinajstić information content (AvgIpc) is 3.22. The second-order valence-corrected chi connectivity index (χ2v) is 12.5. The average molecular weight is 570 g/mol.